The van der Waals surface area contributed by atoms with Gasteiger partial charge in [-0.3, -0.25) is 9.69 Å². The molecule has 1 aliphatic heterocycles. The summed E-state index contributed by atoms with van der Waals surface area (Å²) in [5.41, 5.74) is 3.43. The number of anilines is 1. The minimum absolute atomic E-state index is 0.253. The van der Waals surface area contributed by atoms with Crippen LogP contribution in [-0.2, 0) is 11.2 Å². The van der Waals surface area contributed by atoms with Gasteiger partial charge in [0, 0.05) is 10.0 Å². The first kappa shape index (κ1) is 18.5. The third-order valence-electron chi connectivity index (χ3n) is 4.50. The molecule has 0 aromatic heterocycles. The van der Waals surface area contributed by atoms with Crippen molar-refractivity contribution >= 4 is 69.3 Å². The standard InChI is InChI=1S/C20H13Cl3N2OS/c21-13-5-7-15(8-6-13)25-19(26)17(18(23)24-20(25)27)9-12-2-1-11-3-4-14(22)10-16(11)12/h2-10,18H,1H2,(H,24,27)/b17-9+. The third-order valence-corrected chi connectivity index (χ3v) is 5.63. The number of carbonyl (C=O) groups is 1. The van der Waals surface area contributed by atoms with Crippen LogP contribution in [0, 0.1) is 0 Å². The van der Waals surface area contributed by atoms with Crippen LogP contribution in [-0.4, -0.2) is 16.5 Å². The van der Waals surface area contributed by atoms with Crippen LogP contribution in [0.4, 0.5) is 5.69 Å². The number of fused-ring (bicyclic) bond motifs is 1. The van der Waals surface area contributed by atoms with Crippen LogP contribution in [0.25, 0.3) is 5.57 Å². The van der Waals surface area contributed by atoms with Gasteiger partial charge in [0.05, 0.1) is 11.3 Å². The first-order chi connectivity index (χ1) is 12.9. The number of halogens is 3. The smallest absolute Gasteiger partial charge is 0.263 e. The number of allylic oxidation sites excluding steroid dienone is 3. The lowest BCUT2D eigenvalue weighted by Crippen LogP contribution is -2.54. The van der Waals surface area contributed by atoms with Gasteiger partial charge in [0.1, 0.15) is 5.50 Å². The summed E-state index contributed by atoms with van der Waals surface area (Å²) in [5.74, 6) is -0.266. The third kappa shape index (κ3) is 3.50. The SMILES string of the molecule is O=C1/C(=C/C2=CCc3ccc(Cl)cc32)C(Cl)NC(=S)N1c1ccc(Cl)cc1. The van der Waals surface area contributed by atoms with Gasteiger partial charge in [-0.2, -0.15) is 0 Å². The zero-order chi connectivity index (χ0) is 19.1. The second kappa shape index (κ2) is 7.28. The van der Waals surface area contributed by atoms with Crippen LogP contribution in [0.1, 0.15) is 11.1 Å². The molecule has 0 spiro atoms. The minimum Gasteiger partial charge on any atom is -0.342 e. The Kier molecular flexibility index (Phi) is 4.99. The zero-order valence-electron chi connectivity index (χ0n) is 13.9. The van der Waals surface area contributed by atoms with E-state index in [1.165, 1.54) is 10.5 Å². The fraction of sp³-hybridized carbons (Fsp3) is 0.100. The van der Waals surface area contributed by atoms with Crippen molar-refractivity contribution in [2.45, 2.75) is 11.9 Å². The van der Waals surface area contributed by atoms with E-state index in [9.17, 15) is 4.79 Å². The predicted molar refractivity (Wildman–Crippen MR) is 116 cm³/mol. The summed E-state index contributed by atoms with van der Waals surface area (Å²) >= 11 is 23.8. The van der Waals surface area contributed by atoms with Crippen LogP contribution in [0.15, 0.2) is 60.2 Å². The van der Waals surface area contributed by atoms with Crippen molar-refractivity contribution in [2.24, 2.45) is 0 Å². The molecular weight excluding hydrogens is 423 g/mol. The Hall–Kier alpha value is -1.85. The van der Waals surface area contributed by atoms with E-state index in [1.54, 1.807) is 30.3 Å². The van der Waals surface area contributed by atoms with Crippen molar-refractivity contribution in [3.05, 3.63) is 81.4 Å². The average Bonchev–Trinajstić information content (AvgIpc) is 3.02. The van der Waals surface area contributed by atoms with Crippen molar-refractivity contribution in [3.63, 3.8) is 0 Å². The van der Waals surface area contributed by atoms with E-state index in [0.29, 0.717) is 21.3 Å². The maximum atomic E-state index is 13.2. The summed E-state index contributed by atoms with van der Waals surface area (Å²) in [6.45, 7) is 0. The highest BCUT2D eigenvalue weighted by molar-refractivity contribution is 7.80. The lowest BCUT2D eigenvalue weighted by atomic mass is 10.0. The van der Waals surface area contributed by atoms with Gasteiger partial charge in [0.2, 0.25) is 0 Å². The molecule has 1 unspecified atom stereocenters. The van der Waals surface area contributed by atoms with Gasteiger partial charge in [0.25, 0.3) is 5.91 Å². The molecule has 1 heterocycles. The molecule has 0 bridgehead atoms. The van der Waals surface area contributed by atoms with Gasteiger partial charge in [0.15, 0.2) is 5.11 Å². The molecular formula is C20H13Cl3N2OS. The zero-order valence-corrected chi connectivity index (χ0v) is 17.0. The van der Waals surface area contributed by atoms with Crippen LogP contribution in [0.3, 0.4) is 0 Å². The number of nitrogens with zero attached hydrogens (tertiary/aromatic N) is 1. The molecule has 0 radical (unpaired) electrons. The summed E-state index contributed by atoms with van der Waals surface area (Å²) in [4.78, 5) is 14.6. The van der Waals surface area contributed by atoms with Gasteiger partial charge in [-0.25, -0.2) is 0 Å². The molecule has 4 rings (SSSR count). The molecule has 1 aliphatic carbocycles. The molecule has 1 amide bonds. The number of hydrogen-bond acceptors (Lipinski definition) is 2. The summed E-state index contributed by atoms with van der Waals surface area (Å²) in [5, 5.41) is 4.47. The average molecular weight is 436 g/mol. The number of carbonyl (C=O) groups excluding carboxylic acids is 1. The number of nitrogens with one attached hydrogen (secondary N) is 1. The van der Waals surface area contributed by atoms with E-state index in [4.69, 9.17) is 47.0 Å². The number of amides is 1. The topological polar surface area (TPSA) is 32.3 Å². The molecule has 136 valence electrons. The van der Waals surface area contributed by atoms with Gasteiger partial charge in [-0.1, -0.05) is 46.9 Å². The maximum Gasteiger partial charge on any atom is 0.263 e. The Labute approximate surface area is 177 Å². The molecule has 27 heavy (non-hydrogen) atoms. The predicted octanol–water partition coefficient (Wildman–Crippen LogP) is 5.35. The van der Waals surface area contributed by atoms with Crippen LogP contribution < -0.4 is 10.2 Å². The number of hydrogen-bond donors (Lipinski definition) is 1. The first-order valence-electron chi connectivity index (χ1n) is 8.19. The molecule has 7 heteroatoms. The van der Waals surface area contributed by atoms with E-state index in [1.807, 2.05) is 18.2 Å². The molecule has 2 aromatic carbocycles. The molecule has 2 aromatic rings. The van der Waals surface area contributed by atoms with Crippen LogP contribution in [0.5, 0.6) is 0 Å². The van der Waals surface area contributed by atoms with E-state index in [-0.39, 0.29) is 11.0 Å². The maximum absolute atomic E-state index is 13.2. The van der Waals surface area contributed by atoms with Crippen LogP contribution >= 0.6 is 47.0 Å². The Morgan fingerprint density at radius 3 is 2.56 bits per heavy atom. The summed E-state index contributed by atoms with van der Waals surface area (Å²) in [6, 6.07) is 12.7. The van der Waals surface area contributed by atoms with Crippen molar-refractivity contribution in [1.29, 1.82) is 0 Å². The Bertz CT molecular complexity index is 1010. The highest BCUT2D eigenvalue weighted by Crippen LogP contribution is 2.33. The monoisotopic (exact) mass is 434 g/mol. The molecule has 3 nitrogen and oxygen atoms in total. The van der Waals surface area contributed by atoms with Gasteiger partial charge < -0.3 is 5.32 Å². The molecule has 1 N–H and O–H groups in total. The Morgan fingerprint density at radius 1 is 1.11 bits per heavy atom. The summed E-state index contributed by atoms with van der Waals surface area (Å²) in [7, 11) is 0. The minimum atomic E-state index is -0.710. The highest BCUT2D eigenvalue weighted by atomic mass is 35.5. The van der Waals surface area contributed by atoms with Crippen molar-refractivity contribution in [2.75, 3.05) is 4.90 Å². The Balaban J connectivity index is 1.72. The van der Waals surface area contributed by atoms with E-state index >= 15 is 0 Å². The largest absolute Gasteiger partial charge is 0.342 e. The second-order valence-corrected chi connectivity index (χ2v) is 7.89. The fourth-order valence-corrected chi connectivity index (χ4v) is 4.10. The molecule has 2 aliphatic rings. The van der Waals surface area contributed by atoms with Crippen molar-refractivity contribution < 1.29 is 4.79 Å². The van der Waals surface area contributed by atoms with Crippen molar-refractivity contribution in [1.82, 2.24) is 5.32 Å². The van der Waals surface area contributed by atoms with Gasteiger partial charge in [-0.15, -0.1) is 0 Å². The molecule has 1 atom stereocenters. The summed E-state index contributed by atoms with van der Waals surface area (Å²) < 4.78 is 0. The second-order valence-electron chi connectivity index (χ2n) is 6.19. The normalized spacial score (nSPS) is 20.6. The van der Waals surface area contributed by atoms with E-state index in [0.717, 1.165) is 17.6 Å². The molecule has 1 fully saturated rings. The summed E-state index contributed by atoms with van der Waals surface area (Å²) in [6.07, 6.45) is 4.66. The molecule has 1 saturated heterocycles. The van der Waals surface area contributed by atoms with Crippen molar-refractivity contribution in [3.8, 4) is 0 Å². The van der Waals surface area contributed by atoms with Gasteiger partial charge in [-0.05, 0) is 77.8 Å². The quantitative estimate of drug-likeness (QED) is 0.299. The van der Waals surface area contributed by atoms with E-state index in [2.05, 4.69) is 11.4 Å². The van der Waals surface area contributed by atoms with Gasteiger partial charge >= 0.3 is 0 Å². The first-order valence-corrected chi connectivity index (χ1v) is 9.79. The highest BCUT2D eigenvalue weighted by Gasteiger charge is 2.34. The molecule has 0 saturated carbocycles. The fourth-order valence-electron chi connectivity index (χ4n) is 3.17. The van der Waals surface area contributed by atoms with E-state index < -0.39 is 5.50 Å². The van der Waals surface area contributed by atoms with Crippen LogP contribution in [0.2, 0.25) is 10.0 Å². The number of benzene rings is 2. The lowest BCUT2D eigenvalue weighted by molar-refractivity contribution is -0.114. The Morgan fingerprint density at radius 2 is 1.81 bits per heavy atom. The number of alkyl halides is 1. The number of rotatable bonds is 2. The number of thiocarbonyl (C=S) groups is 1. The lowest BCUT2D eigenvalue weighted by Gasteiger charge is -2.33.